The molecule has 2 rings (SSSR count). The third kappa shape index (κ3) is 3.03. The van der Waals surface area contributed by atoms with Gasteiger partial charge in [0.2, 0.25) is 0 Å². The predicted molar refractivity (Wildman–Crippen MR) is 65.1 cm³/mol. The van der Waals surface area contributed by atoms with Crippen LogP contribution in [0.5, 0.6) is 0 Å². The van der Waals surface area contributed by atoms with Crippen LogP contribution in [0.4, 0.5) is 8.78 Å². The maximum absolute atomic E-state index is 13.8. The van der Waals surface area contributed by atoms with E-state index in [9.17, 15) is 8.78 Å². The van der Waals surface area contributed by atoms with Crippen LogP contribution in [-0.4, -0.2) is 13.1 Å². The molecule has 1 aromatic carbocycles. The number of halogens is 2. The van der Waals surface area contributed by atoms with E-state index >= 15 is 0 Å². The maximum atomic E-state index is 13.8. The molecule has 1 nitrogen and oxygen atoms in total. The lowest BCUT2D eigenvalue weighted by Gasteiger charge is -2.17. The maximum Gasteiger partial charge on any atom is 0.285 e. The third-order valence-corrected chi connectivity index (χ3v) is 3.65. The van der Waals surface area contributed by atoms with Crippen molar-refractivity contribution < 1.29 is 8.78 Å². The summed E-state index contributed by atoms with van der Waals surface area (Å²) in [6.45, 7) is 4.77. The first-order valence-electron chi connectivity index (χ1n) is 6.06. The summed E-state index contributed by atoms with van der Waals surface area (Å²) in [5, 5.41) is 2.89. The van der Waals surface area contributed by atoms with Gasteiger partial charge in [-0.1, -0.05) is 44.2 Å². The highest BCUT2D eigenvalue weighted by Gasteiger charge is 2.45. The smallest absolute Gasteiger partial charge is 0.285 e. The molecule has 1 aliphatic carbocycles. The van der Waals surface area contributed by atoms with Crippen molar-refractivity contribution in [3.8, 4) is 0 Å². The van der Waals surface area contributed by atoms with Crippen molar-refractivity contribution in [1.29, 1.82) is 0 Å². The molecule has 0 bridgehead atoms. The lowest BCUT2D eigenvalue weighted by atomic mass is 10.1. The van der Waals surface area contributed by atoms with Crippen molar-refractivity contribution in [2.75, 3.05) is 13.1 Å². The van der Waals surface area contributed by atoms with Gasteiger partial charge in [0.25, 0.3) is 5.92 Å². The molecular formula is C14H19F2N. The minimum atomic E-state index is -2.78. The van der Waals surface area contributed by atoms with Crippen LogP contribution in [0.15, 0.2) is 30.3 Å². The molecule has 94 valence electrons. The van der Waals surface area contributed by atoms with Crippen LogP contribution in [0, 0.1) is 11.3 Å². The van der Waals surface area contributed by atoms with E-state index in [2.05, 4.69) is 19.2 Å². The Balaban J connectivity index is 1.82. The van der Waals surface area contributed by atoms with Crippen LogP contribution in [0.3, 0.4) is 0 Å². The summed E-state index contributed by atoms with van der Waals surface area (Å²) in [4.78, 5) is 0. The van der Waals surface area contributed by atoms with Crippen molar-refractivity contribution in [1.82, 2.24) is 5.32 Å². The second-order valence-electron chi connectivity index (χ2n) is 5.59. The van der Waals surface area contributed by atoms with Gasteiger partial charge in [-0.3, -0.25) is 0 Å². The Hall–Kier alpha value is -0.960. The molecule has 1 atom stereocenters. The number of hydrogen-bond donors (Lipinski definition) is 1. The molecular weight excluding hydrogens is 220 g/mol. The normalized spacial score (nSPS) is 22.5. The van der Waals surface area contributed by atoms with Crippen LogP contribution in [0.1, 0.15) is 25.8 Å². The summed E-state index contributed by atoms with van der Waals surface area (Å²) >= 11 is 0. The highest BCUT2D eigenvalue weighted by molar-refractivity contribution is 5.20. The van der Waals surface area contributed by atoms with E-state index in [1.807, 2.05) is 0 Å². The molecule has 1 fully saturated rings. The first-order chi connectivity index (χ1) is 7.92. The third-order valence-electron chi connectivity index (χ3n) is 3.65. The van der Waals surface area contributed by atoms with Crippen LogP contribution in [0.2, 0.25) is 0 Å². The average molecular weight is 239 g/mol. The largest absolute Gasteiger partial charge is 0.311 e. The molecule has 3 heteroatoms. The Morgan fingerprint density at radius 2 is 1.88 bits per heavy atom. The number of hydrogen-bond acceptors (Lipinski definition) is 1. The zero-order valence-electron chi connectivity index (χ0n) is 10.3. The average Bonchev–Trinajstić information content (AvgIpc) is 2.87. The first-order valence-corrected chi connectivity index (χ1v) is 6.06. The summed E-state index contributed by atoms with van der Waals surface area (Å²) in [6.07, 6.45) is 1.14. The molecule has 1 N–H and O–H groups in total. The van der Waals surface area contributed by atoms with E-state index in [0.717, 1.165) is 6.42 Å². The Morgan fingerprint density at radius 3 is 2.41 bits per heavy atom. The summed E-state index contributed by atoms with van der Waals surface area (Å²) in [5.41, 5.74) is 0.428. The van der Waals surface area contributed by atoms with Gasteiger partial charge in [0, 0.05) is 5.56 Å². The molecule has 1 aliphatic rings. The topological polar surface area (TPSA) is 12.0 Å². The zero-order valence-corrected chi connectivity index (χ0v) is 10.3. The fraction of sp³-hybridized carbons (Fsp3) is 0.571. The molecule has 0 saturated heterocycles. The lowest BCUT2D eigenvalue weighted by Crippen LogP contribution is -2.32. The zero-order chi connectivity index (χ0) is 12.5. The predicted octanol–water partition coefficient (Wildman–Crippen LogP) is 3.41. The molecule has 0 amide bonds. The van der Waals surface area contributed by atoms with Gasteiger partial charge in [0.05, 0.1) is 6.54 Å². The monoisotopic (exact) mass is 239 g/mol. The molecule has 0 spiro atoms. The molecule has 1 unspecified atom stereocenters. The molecule has 0 heterocycles. The Morgan fingerprint density at radius 1 is 1.29 bits per heavy atom. The van der Waals surface area contributed by atoms with Gasteiger partial charge in [-0.05, 0) is 24.3 Å². The summed E-state index contributed by atoms with van der Waals surface area (Å²) in [7, 11) is 0. The Labute approximate surface area is 101 Å². The molecule has 0 aromatic heterocycles. The van der Waals surface area contributed by atoms with Gasteiger partial charge in [0.1, 0.15) is 0 Å². The fourth-order valence-corrected chi connectivity index (χ4v) is 2.11. The Kier molecular flexibility index (Phi) is 3.21. The van der Waals surface area contributed by atoms with E-state index in [0.29, 0.717) is 17.9 Å². The number of benzene rings is 1. The van der Waals surface area contributed by atoms with Gasteiger partial charge in [-0.2, -0.15) is 8.78 Å². The van der Waals surface area contributed by atoms with E-state index in [1.54, 1.807) is 18.2 Å². The van der Waals surface area contributed by atoms with Crippen LogP contribution in [-0.2, 0) is 5.92 Å². The molecule has 17 heavy (non-hydrogen) atoms. The minimum Gasteiger partial charge on any atom is -0.311 e. The van der Waals surface area contributed by atoms with Crippen molar-refractivity contribution in [3.05, 3.63) is 35.9 Å². The van der Waals surface area contributed by atoms with Crippen LogP contribution in [0.25, 0.3) is 0 Å². The highest BCUT2D eigenvalue weighted by Crippen LogP contribution is 2.51. The molecule has 1 saturated carbocycles. The van der Waals surface area contributed by atoms with E-state index in [-0.39, 0.29) is 12.1 Å². The number of rotatable bonds is 5. The van der Waals surface area contributed by atoms with Crippen LogP contribution < -0.4 is 5.32 Å². The van der Waals surface area contributed by atoms with Gasteiger partial charge >= 0.3 is 0 Å². The Bertz CT molecular complexity index is 373. The summed E-state index contributed by atoms with van der Waals surface area (Å²) in [6, 6.07) is 7.99. The highest BCUT2D eigenvalue weighted by atomic mass is 19.3. The van der Waals surface area contributed by atoms with E-state index < -0.39 is 5.92 Å². The van der Waals surface area contributed by atoms with Crippen molar-refractivity contribution in [3.63, 3.8) is 0 Å². The molecule has 1 aromatic rings. The molecule has 0 aliphatic heterocycles. The number of nitrogens with one attached hydrogen (secondary N) is 1. The van der Waals surface area contributed by atoms with Crippen molar-refractivity contribution in [2.45, 2.75) is 26.2 Å². The summed E-state index contributed by atoms with van der Waals surface area (Å²) < 4.78 is 27.5. The van der Waals surface area contributed by atoms with E-state index in [4.69, 9.17) is 0 Å². The SMILES string of the molecule is CC1(C)CC1CNCC(F)(F)c1ccccc1. The molecule has 0 radical (unpaired) electrons. The lowest BCUT2D eigenvalue weighted by molar-refractivity contribution is -0.00337. The summed E-state index contributed by atoms with van der Waals surface area (Å²) in [5.74, 6) is -2.23. The number of alkyl halides is 2. The van der Waals surface area contributed by atoms with Gasteiger partial charge < -0.3 is 5.32 Å². The van der Waals surface area contributed by atoms with Gasteiger partial charge in [-0.25, -0.2) is 0 Å². The van der Waals surface area contributed by atoms with Gasteiger partial charge in [0.15, 0.2) is 0 Å². The van der Waals surface area contributed by atoms with E-state index in [1.165, 1.54) is 12.1 Å². The second-order valence-corrected chi connectivity index (χ2v) is 5.59. The quantitative estimate of drug-likeness (QED) is 0.830. The first kappa shape index (κ1) is 12.5. The van der Waals surface area contributed by atoms with Crippen molar-refractivity contribution >= 4 is 0 Å². The fourth-order valence-electron chi connectivity index (χ4n) is 2.11. The van der Waals surface area contributed by atoms with Crippen LogP contribution >= 0.6 is 0 Å². The van der Waals surface area contributed by atoms with Crippen molar-refractivity contribution in [2.24, 2.45) is 11.3 Å². The standard InChI is InChI=1S/C14H19F2N/c1-13(2)8-12(13)9-17-10-14(15,16)11-6-4-3-5-7-11/h3-7,12,17H,8-10H2,1-2H3. The van der Waals surface area contributed by atoms with Gasteiger partial charge in [-0.15, -0.1) is 0 Å². The second kappa shape index (κ2) is 4.37. The minimum absolute atomic E-state index is 0.0857.